The first-order valence-electron chi connectivity index (χ1n) is 15.5. The fourth-order valence-electron chi connectivity index (χ4n) is 4.20. The van der Waals surface area contributed by atoms with Gasteiger partial charge in [0.15, 0.2) is 11.5 Å². The minimum Gasteiger partial charge on any atom is -0.494 e. The molecule has 0 aliphatic heterocycles. The molecule has 3 aromatic carbocycles. The van der Waals surface area contributed by atoms with Gasteiger partial charge in [-0.3, -0.25) is 0 Å². The van der Waals surface area contributed by atoms with Crippen LogP contribution in [0.15, 0.2) is 66.7 Å². The Balaban J connectivity index is 1.40. The van der Waals surface area contributed by atoms with Gasteiger partial charge in [-0.2, -0.15) is 0 Å². The molecule has 44 heavy (non-hydrogen) atoms. The number of methoxy groups -OCH3 is 1. The minimum absolute atomic E-state index is 0.0896. The largest absolute Gasteiger partial charge is 0.494 e. The van der Waals surface area contributed by atoms with Crippen LogP contribution in [0.4, 0.5) is 0 Å². The van der Waals surface area contributed by atoms with Gasteiger partial charge in [0.2, 0.25) is 0 Å². The average molecular weight is 609 g/mol. The third-order valence-electron chi connectivity index (χ3n) is 7.54. The lowest BCUT2D eigenvalue weighted by Crippen LogP contribution is -2.31. The SMILES string of the molecule is CCC(C)COc1ccc(C(=O)Oc2ccc(-c3ccc(OCCCCCCOCC(C)(CO)CO)cc3)cc2)cc1OC. The van der Waals surface area contributed by atoms with Gasteiger partial charge in [-0.05, 0) is 78.8 Å². The van der Waals surface area contributed by atoms with E-state index < -0.39 is 11.4 Å². The Labute approximate surface area is 261 Å². The van der Waals surface area contributed by atoms with Gasteiger partial charge in [-0.25, -0.2) is 4.79 Å². The standard InChI is InChI=1S/C36H48O8/c1-5-27(2)23-43-33-19-14-30(22-34(33)40-4)35(39)44-32-17-12-29(13-18-32)28-10-15-31(16-11-28)42-21-9-7-6-8-20-41-26-36(3,24-37)25-38/h10-19,22,27,37-38H,5-9,20-21,23-26H2,1-4H3. The summed E-state index contributed by atoms with van der Waals surface area (Å²) in [5.41, 5.74) is 1.84. The first kappa shape index (κ1) is 34.9. The van der Waals surface area contributed by atoms with Gasteiger partial charge >= 0.3 is 5.97 Å². The monoisotopic (exact) mass is 608 g/mol. The fraction of sp³-hybridized carbons (Fsp3) is 0.472. The highest BCUT2D eigenvalue weighted by atomic mass is 16.5. The van der Waals surface area contributed by atoms with Crippen molar-refractivity contribution in [3.63, 3.8) is 0 Å². The molecule has 0 amide bonds. The van der Waals surface area contributed by atoms with Crippen LogP contribution in [0.3, 0.4) is 0 Å². The number of unbranched alkanes of at least 4 members (excludes halogenated alkanes) is 3. The Kier molecular flexibility index (Phi) is 14.5. The molecule has 1 unspecified atom stereocenters. The van der Waals surface area contributed by atoms with E-state index in [0.717, 1.165) is 49.0 Å². The highest BCUT2D eigenvalue weighted by Gasteiger charge is 2.22. The van der Waals surface area contributed by atoms with Gasteiger partial charge in [0.25, 0.3) is 0 Å². The van der Waals surface area contributed by atoms with E-state index in [0.29, 0.717) is 55.2 Å². The summed E-state index contributed by atoms with van der Waals surface area (Å²) in [5, 5.41) is 18.6. The molecule has 0 aromatic heterocycles. The molecule has 0 fully saturated rings. The molecular formula is C36H48O8. The fourth-order valence-corrected chi connectivity index (χ4v) is 4.20. The zero-order valence-electron chi connectivity index (χ0n) is 26.6. The molecule has 0 aliphatic rings. The van der Waals surface area contributed by atoms with Crippen molar-refractivity contribution in [1.82, 2.24) is 0 Å². The van der Waals surface area contributed by atoms with Crippen LogP contribution in [0, 0.1) is 11.3 Å². The summed E-state index contributed by atoms with van der Waals surface area (Å²) < 4.78 is 28.4. The van der Waals surface area contributed by atoms with E-state index in [9.17, 15) is 15.0 Å². The zero-order chi connectivity index (χ0) is 31.8. The third-order valence-corrected chi connectivity index (χ3v) is 7.54. The van der Waals surface area contributed by atoms with E-state index >= 15 is 0 Å². The normalized spacial score (nSPS) is 12.0. The second-order valence-electron chi connectivity index (χ2n) is 11.6. The van der Waals surface area contributed by atoms with Crippen LogP contribution in [-0.2, 0) is 4.74 Å². The summed E-state index contributed by atoms with van der Waals surface area (Å²) in [5.74, 6) is 2.33. The molecule has 8 heteroatoms. The average Bonchev–Trinajstić information content (AvgIpc) is 3.06. The first-order valence-corrected chi connectivity index (χ1v) is 15.5. The van der Waals surface area contributed by atoms with Crippen molar-refractivity contribution < 1.29 is 38.7 Å². The Morgan fingerprint density at radius 1 is 0.795 bits per heavy atom. The molecule has 0 spiro atoms. The Hall–Kier alpha value is -3.59. The number of aliphatic hydroxyl groups excluding tert-OH is 2. The molecule has 3 aromatic rings. The van der Waals surface area contributed by atoms with Crippen molar-refractivity contribution in [2.45, 2.75) is 52.9 Å². The predicted octanol–water partition coefficient (Wildman–Crippen LogP) is 6.95. The van der Waals surface area contributed by atoms with Crippen LogP contribution in [0.25, 0.3) is 11.1 Å². The molecule has 0 aliphatic carbocycles. The molecule has 0 radical (unpaired) electrons. The van der Waals surface area contributed by atoms with Gasteiger partial charge in [0.1, 0.15) is 11.5 Å². The summed E-state index contributed by atoms with van der Waals surface area (Å²) in [6.07, 6.45) is 5.00. The van der Waals surface area contributed by atoms with E-state index in [4.69, 9.17) is 23.7 Å². The van der Waals surface area contributed by atoms with Crippen LogP contribution < -0.4 is 18.9 Å². The molecule has 2 N–H and O–H groups in total. The molecule has 1 atom stereocenters. The Bertz CT molecular complexity index is 1250. The Morgan fingerprint density at radius 3 is 2.00 bits per heavy atom. The summed E-state index contributed by atoms with van der Waals surface area (Å²) in [6, 6.07) is 20.4. The van der Waals surface area contributed by atoms with Gasteiger partial charge in [-0.15, -0.1) is 0 Å². The highest BCUT2D eigenvalue weighted by Crippen LogP contribution is 2.30. The number of rotatable bonds is 20. The van der Waals surface area contributed by atoms with E-state index in [2.05, 4.69) is 13.8 Å². The zero-order valence-corrected chi connectivity index (χ0v) is 26.6. The molecule has 0 heterocycles. The lowest BCUT2D eigenvalue weighted by molar-refractivity contribution is -0.0169. The van der Waals surface area contributed by atoms with Crippen molar-refractivity contribution in [2.24, 2.45) is 11.3 Å². The van der Waals surface area contributed by atoms with Crippen molar-refractivity contribution in [3.05, 3.63) is 72.3 Å². The first-order chi connectivity index (χ1) is 21.3. The lowest BCUT2D eigenvalue weighted by Gasteiger charge is -2.24. The molecule has 240 valence electrons. The molecule has 0 bridgehead atoms. The minimum atomic E-state index is -0.575. The summed E-state index contributed by atoms with van der Waals surface area (Å²) >= 11 is 0. The Morgan fingerprint density at radius 2 is 1.41 bits per heavy atom. The van der Waals surface area contributed by atoms with Crippen molar-refractivity contribution in [2.75, 3.05) is 46.8 Å². The van der Waals surface area contributed by atoms with Crippen molar-refractivity contribution in [1.29, 1.82) is 0 Å². The number of ether oxygens (including phenoxy) is 5. The van der Waals surface area contributed by atoms with Crippen molar-refractivity contribution >= 4 is 5.97 Å². The number of hydrogen-bond donors (Lipinski definition) is 2. The summed E-state index contributed by atoms with van der Waals surface area (Å²) in [4.78, 5) is 12.8. The topological polar surface area (TPSA) is 104 Å². The van der Waals surface area contributed by atoms with Crippen LogP contribution in [-0.4, -0.2) is 62.9 Å². The maximum atomic E-state index is 12.8. The van der Waals surface area contributed by atoms with Gasteiger partial charge in [0.05, 0.1) is 45.7 Å². The third kappa shape index (κ3) is 11.2. The molecule has 8 nitrogen and oxygen atoms in total. The van der Waals surface area contributed by atoms with Crippen molar-refractivity contribution in [3.8, 4) is 34.1 Å². The maximum Gasteiger partial charge on any atom is 0.343 e. The highest BCUT2D eigenvalue weighted by molar-refractivity contribution is 5.92. The summed E-state index contributed by atoms with van der Waals surface area (Å²) in [7, 11) is 1.55. The number of esters is 1. The smallest absolute Gasteiger partial charge is 0.343 e. The molecule has 3 rings (SSSR count). The number of carbonyl (C=O) groups excluding carboxylic acids is 1. The van der Waals surface area contributed by atoms with E-state index in [-0.39, 0.29) is 13.2 Å². The number of carbonyl (C=O) groups is 1. The number of aliphatic hydroxyl groups is 2. The molecule has 0 saturated carbocycles. The molecular weight excluding hydrogens is 560 g/mol. The number of hydrogen-bond acceptors (Lipinski definition) is 8. The van der Waals surface area contributed by atoms with Gasteiger partial charge < -0.3 is 33.9 Å². The number of benzene rings is 3. The summed E-state index contributed by atoms with van der Waals surface area (Å²) in [6.45, 7) is 8.07. The van der Waals surface area contributed by atoms with Crippen LogP contribution in [0.1, 0.15) is 63.2 Å². The lowest BCUT2D eigenvalue weighted by atomic mass is 9.95. The quantitative estimate of drug-likeness (QED) is 0.0807. The van der Waals surface area contributed by atoms with E-state index in [1.165, 1.54) is 0 Å². The second-order valence-corrected chi connectivity index (χ2v) is 11.6. The van der Waals surface area contributed by atoms with E-state index in [1.807, 2.05) is 36.4 Å². The van der Waals surface area contributed by atoms with Crippen LogP contribution >= 0.6 is 0 Å². The second kappa shape index (κ2) is 18.3. The predicted molar refractivity (Wildman–Crippen MR) is 172 cm³/mol. The van der Waals surface area contributed by atoms with Gasteiger partial charge in [0, 0.05) is 12.0 Å². The van der Waals surface area contributed by atoms with E-state index in [1.54, 1.807) is 44.4 Å². The van der Waals surface area contributed by atoms with Crippen LogP contribution in [0.5, 0.6) is 23.0 Å². The molecule has 0 saturated heterocycles. The van der Waals surface area contributed by atoms with Crippen LogP contribution in [0.2, 0.25) is 0 Å². The maximum absolute atomic E-state index is 12.8. The van der Waals surface area contributed by atoms with Gasteiger partial charge in [-0.1, -0.05) is 57.9 Å².